The van der Waals surface area contributed by atoms with Gasteiger partial charge < -0.3 is 9.40 Å². The minimum atomic E-state index is -0.302. The van der Waals surface area contributed by atoms with E-state index in [0.717, 1.165) is 16.4 Å². The first-order valence-electron chi connectivity index (χ1n) is 6.20. The molecule has 1 N–H and O–H groups in total. The molecule has 0 aliphatic carbocycles. The van der Waals surface area contributed by atoms with Crippen molar-refractivity contribution in [3.63, 3.8) is 0 Å². The molecule has 2 heterocycles. The van der Waals surface area contributed by atoms with Gasteiger partial charge in [0, 0.05) is 11.5 Å². The molecule has 0 spiro atoms. The molecular formula is C16H12N2O2. The van der Waals surface area contributed by atoms with Gasteiger partial charge in [0.25, 0.3) is 0 Å². The summed E-state index contributed by atoms with van der Waals surface area (Å²) in [5, 5.41) is 0.951. The Labute approximate surface area is 114 Å². The second kappa shape index (κ2) is 5.40. The van der Waals surface area contributed by atoms with E-state index in [1.807, 2.05) is 42.5 Å². The van der Waals surface area contributed by atoms with Crippen LogP contribution in [-0.4, -0.2) is 9.97 Å². The largest absolute Gasteiger partial charge is 0.423 e. The highest BCUT2D eigenvalue weighted by Gasteiger charge is 1.92. The maximum atomic E-state index is 10.7. The van der Waals surface area contributed by atoms with Gasteiger partial charge in [-0.05, 0) is 24.3 Å². The Kier molecular flexibility index (Phi) is 3.29. The van der Waals surface area contributed by atoms with E-state index in [9.17, 15) is 4.79 Å². The fourth-order valence-electron chi connectivity index (χ4n) is 1.89. The van der Waals surface area contributed by atoms with Gasteiger partial charge in [-0.25, -0.2) is 9.78 Å². The maximum absolute atomic E-state index is 10.7. The van der Waals surface area contributed by atoms with Crippen molar-refractivity contribution in [3.8, 4) is 0 Å². The Hall–Kier alpha value is -2.88. The zero-order chi connectivity index (χ0) is 13.8. The molecule has 4 nitrogen and oxygen atoms in total. The zero-order valence-corrected chi connectivity index (χ0v) is 10.6. The van der Waals surface area contributed by atoms with Crippen molar-refractivity contribution in [2.24, 2.45) is 0 Å². The Balaban J connectivity index is 0.000000123. The molecule has 2 aromatic carbocycles. The smallest absolute Gasteiger partial charge is 0.336 e. The summed E-state index contributed by atoms with van der Waals surface area (Å²) in [6.07, 6.45) is 1.70. The lowest BCUT2D eigenvalue weighted by molar-refractivity contribution is 0.561. The molecule has 0 aliphatic heterocycles. The number of para-hydroxylation sites is 3. The fourth-order valence-corrected chi connectivity index (χ4v) is 1.89. The quantitative estimate of drug-likeness (QED) is 0.495. The van der Waals surface area contributed by atoms with Gasteiger partial charge in [-0.3, -0.25) is 0 Å². The number of aromatic amines is 1. The van der Waals surface area contributed by atoms with Crippen LogP contribution in [-0.2, 0) is 0 Å². The standard InChI is InChI=1S/C9H6O2.C7H6N2/c10-9-6-5-7-3-1-2-4-8(7)11-9;1-2-4-7-6(3-1)8-5-9-7/h1-6H;1-5H,(H,8,9). The monoisotopic (exact) mass is 264 g/mol. The van der Waals surface area contributed by atoms with Gasteiger partial charge in [0.15, 0.2) is 0 Å². The second-order valence-corrected chi connectivity index (χ2v) is 4.21. The number of aromatic nitrogens is 2. The highest BCUT2D eigenvalue weighted by molar-refractivity contribution is 5.75. The van der Waals surface area contributed by atoms with Gasteiger partial charge in [-0.2, -0.15) is 0 Å². The molecule has 2 aromatic heterocycles. The lowest BCUT2D eigenvalue weighted by Crippen LogP contribution is -1.93. The molecule has 0 atom stereocenters. The highest BCUT2D eigenvalue weighted by atomic mass is 16.4. The summed E-state index contributed by atoms with van der Waals surface area (Å²) in [6, 6.07) is 18.5. The van der Waals surface area contributed by atoms with Crippen molar-refractivity contribution in [2.75, 3.05) is 0 Å². The summed E-state index contributed by atoms with van der Waals surface area (Å²) in [4.78, 5) is 17.8. The van der Waals surface area contributed by atoms with E-state index >= 15 is 0 Å². The predicted octanol–water partition coefficient (Wildman–Crippen LogP) is 3.36. The summed E-state index contributed by atoms with van der Waals surface area (Å²) in [5.41, 5.74) is 2.46. The molecule has 20 heavy (non-hydrogen) atoms. The van der Waals surface area contributed by atoms with Crippen LogP contribution in [0.25, 0.3) is 22.0 Å². The van der Waals surface area contributed by atoms with E-state index in [0.29, 0.717) is 5.58 Å². The van der Waals surface area contributed by atoms with Gasteiger partial charge in [0.05, 0.1) is 17.4 Å². The predicted molar refractivity (Wildman–Crippen MR) is 78.6 cm³/mol. The maximum Gasteiger partial charge on any atom is 0.336 e. The van der Waals surface area contributed by atoms with Crippen molar-refractivity contribution in [2.45, 2.75) is 0 Å². The van der Waals surface area contributed by atoms with Crippen LogP contribution in [0.5, 0.6) is 0 Å². The second-order valence-electron chi connectivity index (χ2n) is 4.21. The Morgan fingerprint density at radius 1 is 0.900 bits per heavy atom. The number of nitrogens with one attached hydrogen (secondary N) is 1. The minimum Gasteiger partial charge on any atom is -0.423 e. The third-order valence-corrected chi connectivity index (χ3v) is 2.86. The summed E-state index contributed by atoms with van der Waals surface area (Å²) in [6.45, 7) is 0. The number of benzene rings is 2. The van der Waals surface area contributed by atoms with Crippen LogP contribution in [0.3, 0.4) is 0 Å². The summed E-state index contributed by atoms with van der Waals surface area (Å²) >= 11 is 0. The Morgan fingerprint density at radius 3 is 2.60 bits per heavy atom. The van der Waals surface area contributed by atoms with Gasteiger partial charge in [0.1, 0.15) is 5.58 Å². The first kappa shape index (κ1) is 12.2. The molecule has 0 saturated heterocycles. The SMILES string of the molecule is O=c1ccc2ccccc2o1.c1ccc2[nH]cnc2c1. The number of hydrogen-bond donors (Lipinski definition) is 1. The first-order valence-corrected chi connectivity index (χ1v) is 6.20. The summed E-state index contributed by atoms with van der Waals surface area (Å²) in [5.74, 6) is 0. The van der Waals surface area contributed by atoms with Crippen molar-refractivity contribution in [1.82, 2.24) is 9.97 Å². The molecule has 0 amide bonds. The molecule has 0 aliphatic rings. The Morgan fingerprint density at radius 2 is 1.70 bits per heavy atom. The van der Waals surface area contributed by atoms with Crippen molar-refractivity contribution in [1.29, 1.82) is 0 Å². The number of fused-ring (bicyclic) bond motifs is 2. The number of imidazole rings is 1. The van der Waals surface area contributed by atoms with Crippen LogP contribution in [0, 0.1) is 0 Å². The molecule has 4 rings (SSSR count). The average Bonchev–Trinajstić information content (AvgIpc) is 2.96. The normalized spacial score (nSPS) is 10.2. The third kappa shape index (κ3) is 2.59. The molecular weight excluding hydrogens is 252 g/mol. The lowest BCUT2D eigenvalue weighted by atomic mass is 10.2. The lowest BCUT2D eigenvalue weighted by Gasteiger charge is -1.91. The van der Waals surface area contributed by atoms with Gasteiger partial charge in [0.2, 0.25) is 0 Å². The fraction of sp³-hybridized carbons (Fsp3) is 0. The molecule has 0 radical (unpaired) electrons. The van der Waals surface area contributed by atoms with Gasteiger partial charge >= 0.3 is 5.63 Å². The first-order chi connectivity index (χ1) is 9.83. The van der Waals surface area contributed by atoms with Crippen molar-refractivity contribution in [3.05, 3.63) is 77.4 Å². The van der Waals surface area contributed by atoms with E-state index in [4.69, 9.17) is 4.42 Å². The van der Waals surface area contributed by atoms with Crippen LogP contribution in [0.4, 0.5) is 0 Å². The van der Waals surface area contributed by atoms with Crippen LogP contribution in [0.15, 0.2) is 76.2 Å². The number of hydrogen-bond acceptors (Lipinski definition) is 3. The van der Waals surface area contributed by atoms with Crippen LogP contribution in [0.1, 0.15) is 0 Å². The van der Waals surface area contributed by atoms with Crippen molar-refractivity contribution >= 4 is 22.0 Å². The molecule has 0 unspecified atom stereocenters. The van der Waals surface area contributed by atoms with Crippen LogP contribution >= 0.6 is 0 Å². The van der Waals surface area contributed by atoms with E-state index in [-0.39, 0.29) is 5.63 Å². The van der Waals surface area contributed by atoms with Crippen LogP contribution in [0.2, 0.25) is 0 Å². The number of H-pyrrole nitrogens is 1. The van der Waals surface area contributed by atoms with E-state index < -0.39 is 0 Å². The molecule has 4 aromatic rings. The molecule has 98 valence electrons. The summed E-state index contributed by atoms with van der Waals surface area (Å²) in [7, 11) is 0. The van der Waals surface area contributed by atoms with E-state index in [1.54, 1.807) is 18.5 Å². The topological polar surface area (TPSA) is 58.9 Å². The number of rotatable bonds is 0. The van der Waals surface area contributed by atoms with Crippen LogP contribution < -0.4 is 5.63 Å². The van der Waals surface area contributed by atoms with Crippen molar-refractivity contribution < 1.29 is 4.42 Å². The molecule has 0 saturated carbocycles. The Bertz CT molecular complexity index is 863. The van der Waals surface area contributed by atoms with E-state index in [1.165, 1.54) is 6.07 Å². The third-order valence-electron chi connectivity index (χ3n) is 2.86. The zero-order valence-electron chi connectivity index (χ0n) is 10.6. The minimum absolute atomic E-state index is 0.302. The molecule has 0 fully saturated rings. The molecule has 4 heteroatoms. The van der Waals surface area contributed by atoms with Gasteiger partial charge in [-0.1, -0.05) is 30.3 Å². The van der Waals surface area contributed by atoms with E-state index in [2.05, 4.69) is 9.97 Å². The van der Waals surface area contributed by atoms with Gasteiger partial charge in [-0.15, -0.1) is 0 Å². The highest BCUT2D eigenvalue weighted by Crippen LogP contribution is 2.09. The molecule has 0 bridgehead atoms. The number of nitrogens with zero attached hydrogens (tertiary/aromatic N) is 1. The average molecular weight is 264 g/mol. The summed E-state index contributed by atoms with van der Waals surface area (Å²) < 4.78 is 4.91.